The number of alkyl halides is 3. The molecule has 2 heterocycles. The van der Waals surface area contributed by atoms with Crippen molar-refractivity contribution in [1.82, 2.24) is 9.97 Å². The molecule has 2 aromatic heterocycles. The topological polar surface area (TPSA) is 64.1 Å². The van der Waals surface area contributed by atoms with Crippen LogP contribution in [0.4, 0.5) is 18.9 Å². The van der Waals surface area contributed by atoms with Gasteiger partial charge < -0.3 is 10.1 Å². The zero-order valence-electron chi connectivity index (χ0n) is 13.4. The fourth-order valence-corrected chi connectivity index (χ4v) is 2.15. The molecule has 128 valence electrons. The highest BCUT2D eigenvalue weighted by Gasteiger charge is 2.28. The number of ether oxygens (including phenoxy) is 1. The lowest BCUT2D eigenvalue weighted by molar-refractivity contribution is -0.154. The molecule has 8 heteroatoms. The molecule has 0 spiro atoms. The molecule has 2 rings (SSSR count). The molecule has 1 N–H and O–H groups in total. The number of hydrogen-bond donors (Lipinski definition) is 1. The molecule has 1 amide bonds. The van der Waals surface area contributed by atoms with Gasteiger partial charge in [0.05, 0.1) is 16.9 Å². The number of carbonyl (C=O) groups is 1. The average molecular weight is 339 g/mol. The highest BCUT2D eigenvalue weighted by molar-refractivity contribution is 6.04. The second-order valence-corrected chi connectivity index (χ2v) is 5.28. The van der Waals surface area contributed by atoms with Gasteiger partial charge in [0.15, 0.2) is 6.61 Å². The number of anilines is 1. The maximum Gasteiger partial charge on any atom is 0.422 e. The van der Waals surface area contributed by atoms with E-state index in [1.54, 1.807) is 6.92 Å². The third-order valence-electron chi connectivity index (χ3n) is 3.15. The number of rotatable bonds is 4. The van der Waals surface area contributed by atoms with Gasteiger partial charge in [-0.05, 0) is 38.5 Å². The molecule has 0 aliphatic rings. The average Bonchev–Trinajstić information content (AvgIpc) is 2.48. The smallest absolute Gasteiger partial charge is 0.422 e. The summed E-state index contributed by atoms with van der Waals surface area (Å²) < 4.78 is 40.7. The van der Waals surface area contributed by atoms with Gasteiger partial charge in [-0.3, -0.25) is 9.78 Å². The lowest BCUT2D eigenvalue weighted by Gasteiger charge is -2.12. The summed E-state index contributed by atoms with van der Waals surface area (Å²) in [5, 5.41) is 2.74. The standard InChI is InChI=1S/C16H16F3N3O2/c1-9-6-10(2)21-11(3)14(9)22-15(23)12-4-5-13(20-7-12)24-8-16(17,18)19/h4-7H,8H2,1-3H3,(H,22,23). The lowest BCUT2D eigenvalue weighted by atomic mass is 10.1. The van der Waals surface area contributed by atoms with E-state index in [9.17, 15) is 18.0 Å². The Hall–Kier alpha value is -2.64. The van der Waals surface area contributed by atoms with Gasteiger partial charge in [-0.15, -0.1) is 0 Å². The van der Waals surface area contributed by atoms with Crippen molar-refractivity contribution in [1.29, 1.82) is 0 Å². The van der Waals surface area contributed by atoms with E-state index < -0.39 is 18.7 Å². The number of pyridine rings is 2. The summed E-state index contributed by atoms with van der Waals surface area (Å²) in [6, 6.07) is 4.41. The minimum Gasteiger partial charge on any atom is -0.468 e. The highest BCUT2D eigenvalue weighted by Crippen LogP contribution is 2.21. The van der Waals surface area contributed by atoms with E-state index in [0.717, 1.165) is 17.5 Å². The summed E-state index contributed by atoms with van der Waals surface area (Å²) in [5.41, 5.74) is 3.19. The van der Waals surface area contributed by atoms with Gasteiger partial charge in [-0.2, -0.15) is 13.2 Å². The Morgan fingerprint density at radius 3 is 2.50 bits per heavy atom. The molecule has 0 aromatic carbocycles. The molecule has 2 aromatic rings. The van der Waals surface area contributed by atoms with Crippen molar-refractivity contribution in [3.8, 4) is 5.88 Å². The van der Waals surface area contributed by atoms with Crippen LogP contribution in [0.5, 0.6) is 5.88 Å². The Morgan fingerprint density at radius 1 is 1.25 bits per heavy atom. The number of amides is 1. The van der Waals surface area contributed by atoms with Crippen LogP contribution in [0.25, 0.3) is 0 Å². The summed E-state index contributed by atoms with van der Waals surface area (Å²) in [5.74, 6) is -0.630. The summed E-state index contributed by atoms with van der Waals surface area (Å²) >= 11 is 0. The fraction of sp³-hybridized carbons (Fsp3) is 0.312. The third-order valence-corrected chi connectivity index (χ3v) is 3.15. The molecule has 0 atom stereocenters. The Balaban J connectivity index is 2.08. The molecular weight excluding hydrogens is 323 g/mol. The van der Waals surface area contributed by atoms with Gasteiger partial charge in [-0.1, -0.05) is 0 Å². The molecule has 24 heavy (non-hydrogen) atoms. The minimum atomic E-state index is -4.44. The molecule has 0 radical (unpaired) electrons. The van der Waals surface area contributed by atoms with Crippen molar-refractivity contribution in [2.75, 3.05) is 11.9 Å². The molecule has 0 aliphatic carbocycles. The first-order chi connectivity index (χ1) is 11.2. The predicted molar refractivity (Wildman–Crippen MR) is 82.2 cm³/mol. The zero-order chi connectivity index (χ0) is 17.9. The zero-order valence-corrected chi connectivity index (χ0v) is 13.4. The Labute approximate surface area is 136 Å². The summed E-state index contributed by atoms with van der Waals surface area (Å²) in [7, 11) is 0. The van der Waals surface area contributed by atoms with E-state index in [1.807, 2.05) is 19.9 Å². The van der Waals surface area contributed by atoms with Crippen molar-refractivity contribution >= 4 is 11.6 Å². The number of carbonyl (C=O) groups excluding carboxylic acids is 1. The summed E-state index contributed by atoms with van der Waals surface area (Å²) in [6.07, 6.45) is -3.28. The van der Waals surface area contributed by atoms with E-state index in [2.05, 4.69) is 20.0 Å². The van der Waals surface area contributed by atoms with Gasteiger partial charge in [0, 0.05) is 18.0 Å². The van der Waals surface area contributed by atoms with Crippen LogP contribution in [0.3, 0.4) is 0 Å². The van der Waals surface area contributed by atoms with Gasteiger partial charge in [-0.25, -0.2) is 4.98 Å². The normalized spacial score (nSPS) is 11.2. The molecule has 0 bridgehead atoms. The van der Waals surface area contributed by atoms with Crippen LogP contribution in [0.15, 0.2) is 24.4 Å². The monoisotopic (exact) mass is 339 g/mol. The SMILES string of the molecule is Cc1cc(C)c(NC(=O)c2ccc(OCC(F)(F)F)nc2)c(C)n1. The van der Waals surface area contributed by atoms with E-state index in [1.165, 1.54) is 12.1 Å². The van der Waals surface area contributed by atoms with E-state index in [-0.39, 0.29) is 11.4 Å². The molecule has 0 fully saturated rings. The molecule has 0 saturated carbocycles. The van der Waals surface area contributed by atoms with E-state index in [0.29, 0.717) is 11.4 Å². The molecular formula is C16H16F3N3O2. The lowest BCUT2D eigenvalue weighted by Crippen LogP contribution is -2.20. The predicted octanol–water partition coefficient (Wildman–Crippen LogP) is 3.60. The highest BCUT2D eigenvalue weighted by atomic mass is 19.4. The molecule has 5 nitrogen and oxygen atoms in total. The first-order valence-corrected chi connectivity index (χ1v) is 7.07. The van der Waals surface area contributed by atoms with Crippen molar-refractivity contribution in [3.05, 3.63) is 46.9 Å². The van der Waals surface area contributed by atoms with Crippen molar-refractivity contribution in [2.45, 2.75) is 26.9 Å². The third kappa shape index (κ3) is 4.68. The Kier molecular flexibility index (Phi) is 5.06. The number of aromatic nitrogens is 2. The number of halogens is 3. The Bertz CT molecular complexity index is 720. The van der Waals surface area contributed by atoms with Crippen LogP contribution in [0, 0.1) is 20.8 Å². The summed E-state index contributed by atoms with van der Waals surface area (Å²) in [4.78, 5) is 20.2. The second kappa shape index (κ2) is 6.86. The quantitative estimate of drug-likeness (QED) is 0.924. The van der Waals surface area contributed by atoms with Crippen LogP contribution >= 0.6 is 0 Å². The first kappa shape index (κ1) is 17.7. The van der Waals surface area contributed by atoms with Crippen molar-refractivity contribution in [2.24, 2.45) is 0 Å². The number of hydrogen-bond acceptors (Lipinski definition) is 4. The number of nitrogens with one attached hydrogen (secondary N) is 1. The molecule has 0 unspecified atom stereocenters. The second-order valence-electron chi connectivity index (χ2n) is 5.28. The van der Waals surface area contributed by atoms with Crippen LogP contribution in [0.2, 0.25) is 0 Å². The number of nitrogens with zero attached hydrogens (tertiary/aromatic N) is 2. The van der Waals surface area contributed by atoms with Gasteiger partial charge in [0.25, 0.3) is 5.91 Å². The van der Waals surface area contributed by atoms with Crippen LogP contribution in [0.1, 0.15) is 27.3 Å². The van der Waals surface area contributed by atoms with Gasteiger partial charge in [0.2, 0.25) is 5.88 Å². The van der Waals surface area contributed by atoms with E-state index >= 15 is 0 Å². The minimum absolute atomic E-state index is 0.201. The van der Waals surface area contributed by atoms with Gasteiger partial charge in [0.1, 0.15) is 0 Å². The Morgan fingerprint density at radius 2 is 1.96 bits per heavy atom. The molecule has 0 aliphatic heterocycles. The molecule has 0 saturated heterocycles. The first-order valence-electron chi connectivity index (χ1n) is 7.07. The van der Waals surface area contributed by atoms with Crippen LogP contribution < -0.4 is 10.1 Å². The van der Waals surface area contributed by atoms with Crippen molar-refractivity contribution in [3.63, 3.8) is 0 Å². The largest absolute Gasteiger partial charge is 0.468 e. The van der Waals surface area contributed by atoms with E-state index in [4.69, 9.17) is 0 Å². The maximum absolute atomic E-state index is 12.2. The van der Waals surface area contributed by atoms with Crippen LogP contribution in [-0.2, 0) is 0 Å². The summed E-state index contributed by atoms with van der Waals surface area (Å²) in [6.45, 7) is 4.06. The van der Waals surface area contributed by atoms with Crippen molar-refractivity contribution < 1.29 is 22.7 Å². The maximum atomic E-state index is 12.2. The van der Waals surface area contributed by atoms with Crippen LogP contribution in [-0.4, -0.2) is 28.7 Å². The number of aryl methyl sites for hydroxylation is 3. The van der Waals surface area contributed by atoms with Gasteiger partial charge >= 0.3 is 6.18 Å². The fourth-order valence-electron chi connectivity index (χ4n) is 2.15.